The minimum Gasteiger partial charge on any atom is -0.479 e. The number of ether oxygens (including phenoxy) is 1. The van der Waals surface area contributed by atoms with E-state index in [1.165, 1.54) is 18.2 Å². The smallest absolute Gasteiger partial charge is 0.416 e. The zero-order valence-corrected chi connectivity index (χ0v) is 36.2. The fourth-order valence-corrected chi connectivity index (χ4v) is 7.55. The van der Waals surface area contributed by atoms with Crippen molar-refractivity contribution < 1.29 is 66.3 Å². The summed E-state index contributed by atoms with van der Waals surface area (Å²) in [6, 6.07) is 22.1. The van der Waals surface area contributed by atoms with Gasteiger partial charge in [-0.25, -0.2) is 18.4 Å². The highest BCUT2D eigenvalue weighted by Crippen LogP contribution is 2.32. The van der Waals surface area contributed by atoms with E-state index in [1.54, 1.807) is 52.8 Å². The summed E-state index contributed by atoms with van der Waals surface area (Å²) in [5.41, 5.74) is 0.748. The van der Waals surface area contributed by atoms with Crippen LogP contribution < -0.4 is 5.56 Å². The van der Waals surface area contributed by atoms with Gasteiger partial charge in [-0.15, -0.1) is 0 Å². The lowest BCUT2D eigenvalue weighted by molar-refractivity contribution is -0.165. The number of carbonyl (C=O) groups excluding carboxylic acids is 2. The largest absolute Gasteiger partial charge is 0.479 e. The highest BCUT2D eigenvalue weighted by Gasteiger charge is 2.40. The number of benzene rings is 4. The van der Waals surface area contributed by atoms with Crippen LogP contribution in [0.15, 0.2) is 95.8 Å². The molecule has 1 fully saturated rings. The van der Waals surface area contributed by atoms with Gasteiger partial charge < -0.3 is 34.6 Å². The first-order chi connectivity index (χ1) is 31.1. The number of fused-ring (bicyclic) bond motifs is 1. The summed E-state index contributed by atoms with van der Waals surface area (Å²) in [4.78, 5) is 68.3. The van der Waals surface area contributed by atoms with Crippen LogP contribution >= 0.6 is 0 Å². The number of aryl methyl sites for hydroxylation is 2. The van der Waals surface area contributed by atoms with Crippen LogP contribution in [-0.2, 0) is 56.0 Å². The van der Waals surface area contributed by atoms with Gasteiger partial charge >= 0.3 is 24.1 Å². The molecule has 1 saturated heterocycles. The molecule has 14 nitrogen and oxygen atoms in total. The fourth-order valence-electron chi connectivity index (χ4n) is 7.55. The van der Waals surface area contributed by atoms with Gasteiger partial charge in [0.2, 0.25) is 5.91 Å². The molecule has 1 aliphatic heterocycles. The maximum atomic E-state index is 14.7. The van der Waals surface area contributed by atoms with E-state index in [0.29, 0.717) is 48.0 Å². The lowest BCUT2D eigenvalue weighted by Crippen LogP contribution is -2.56. The van der Waals surface area contributed by atoms with Gasteiger partial charge in [0, 0.05) is 38.2 Å². The summed E-state index contributed by atoms with van der Waals surface area (Å²) in [6.07, 6.45) is -7.66. The lowest BCUT2D eigenvalue weighted by atomic mass is 9.95. The van der Waals surface area contributed by atoms with Crippen molar-refractivity contribution in [3.8, 4) is 11.1 Å². The Morgan fingerprint density at radius 1 is 0.833 bits per heavy atom. The predicted molar refractivity (Wildman–Crippen MR) is 230 cm³/mol. The zero-order chi connectivity index (χ0) is 48.5. The number of nitrogens with zero attached hydrogens (tertiary/aromatic N) is 4. The number of aliphatic hydroxyl groups is 2. The standard InChI is InChI=1S/C43H43F5N4O4.C4H6O6/c1-4-56-41(55)42(2,3)50-23-21-34(22-24-50)51(26-28-9-11-29(12-10-28)30-13-17-32(18-14-30)43(46,47)48)39(53)27-52-37-8-6-5-7-35(37)40(54)49-38(52)20-16-31-15-19-33(44)25-36(31)45;5-1(3(7)8)2(6)4(9)10/h5-15,17-19,25,34H,4,16,20-24,26-27H2,1-3H3;1-2,5-6H,(H,7,8)(H,9,10). The summed E-state index contributed by atoms with van der Waals surface area (Å²) >= 11 is 0. The molecule has 66 heavy (non-hydrogen) atoms. The first-order valence-corrected chi connectivity index (χ1v) is 20.8. The minimum absolute atomic E-state index is 0.0999. The van der Waals surface area contributed by atoms with Crippen LogP contribution in [0.5, 0.6) is 0 Å². The SMILES string of the molecule is CCOC(=O)C(C)(C)N1CCC(N(Cc2ccc(-c3ccc(C(F)(F)F)cc3)cc2)C(=O)Cn2c(CCc3ccc(F)cc3F)nc(=O)c3ccccc32)CC1.O=C(O)C(O)C(O)C(=O)O. The van der Waals surface area contributed by atoms with Crippen molar-refractivity contribution in [1.29, 1.82) is 0 Å². The van der Waals surface area contributed by atoms with Crippen molar-refractivity contribution in [3.63, 3.8) is 0 Å². The number of rotatable bonds is 15. The third kappa shape index (κ3) is 12.4. The number of carbonyl (C=O) groups is 4. The summed E-state index contributed by atoms with van der Waals surface area (Å²) in [5, 5.41) is 32.8. The Morgan fingerprint density at radius 3 is 1.95 bits per heavy atom. The van der Waals surface area contributed by atoms with E-state index in [-0.39, 0.29) is 61.8 Å². The van der Waals surface area contributed by atoms with Crippen LogP contribution in [0, 0.1) is 11.6 Å². The molecule has 0 spiro atoms. The van der Waals surface area contributed by atoms with Gasteiger partial charge in [0.1, 0.15) is 29.5 Å². The van der Waals surface area contributed by atoms with Crippen LogP contribution in [-0.4, -0.2) is 107 Å². The number of hydrogen-bond donors (Lipinski definition) is 4. The van der Waals surface area contributed by atoms with Crippen LogP contribution in [0.3, 0.4) is 0 Å². The minimum atomic E-state index is -4.44. The molecule has 2 heterocycles. The molecule has 2 atom stereocenters. The predicted octanol–water partition coefficient (Wildman–Crippen LogP) is 5.86. The zero-order valence-electron chi connectivity index (χ0n) is 36.2. The van der Waals surface area contributed by atoms with E-state index in [2.05, 4.69) is 9.88 Å². The summed E-state index contributed by atoms with van der Waals surface area (Å²) in [7, 11) is 0. The lowest BCUT2D eigenvalue weighted by Gasteiger charge is -2.44. The van der Waals surface area contributed by atoms with Gasteiger partial charge in [-0.05, 0) is 92.6 Å². The Kier molecular flexibility index (Phi) is 16.5. The van der Waals surface area contributed by atoms with E-state index in [4.69, 9.17) is 25.2 Å². The number of carboxylic acids is 2. The van der Waals surface area contributed by atoms with Crippen molar-refractivity contribution in [2.75, 3.05) is 19.7 Å². The Hall–Kier alpha value is -6.57. The normalized spacial score (nSPS) is 14.5. The summed E-state index contributed by atoms with van der Waals surface area (Å²) in [6.45, 7) is 6.71. The first kappa shape index (κ1) is 50.4. The van der Waals surface area contributed by atoms with Crippen molar-refractivity contribution in [2.24, 2.45) is 0 Å². The maximum Gasteiger partial charge on any atom is 0.416 e. The molecule has 2 unspecified atom stereocenters. The second kappa shape index (κ2) is 21.6. The van der Waals surface area contributed by atoms with E-state index < -0.39 is 58.6 Å². The molecule has 19 heteroatoms. The second-order valence-corrected chi connectivity index (χ2v) is 16.0. The maximum absolute atomic E-state index is 14.7. The average Bonchev–Trinajstić information content (AvgIpc) is 3.28. The molecule has 352 valence electrons. The summed E-state index contributed by atoms with van der Waals surface area (Å²) in [5.74, 6) is -5.27. The number of aliphatic hydroxyl groups excluding tert-OH is 2. The van der Waals surface area contributed by atoms with Gasteiger partial charge in [0.15, 0.2) is 12.2 Å². The molecule has 5 aromatic rings. The third-order valence-corrected chi connectivity index (χ3v) is 11.3. The van der Waals surface area contributed by atoms with Crippen molar-refractivity contribution in [1.82, 2.24) is 19.4 Å². The Balaban J connectivity index is 0.000000730. The van der Waals surface area contributed by atoms with Crippen molar-refractivity contribution in [2.45, 2.75) is 89.5 Å². The number of aromatic nitrogens is 2. The molecule has 4 aromatic carbocycles. The molecule has 0 bridgehead atoms. The van der Waals surface area contributed by atoms with Crippen LogP contribution in [0.25, 0.3) is 22.0 Å². The van der Waals surface area contributed by atoms with E-state index in [0.717, 1.165) is 29.8 Å². The van der Waals surface area contributed by atoms with Gasteiger partial charge in [-0.3, -0.25) is 19.3 Å². The molecule has 0 radical (unpaired) electrons. The third-order valence-electron chi connectivity index (χ3n) is 11.3. The average molecular weight is 925 g/mol. The molecule has 6 rings (SSSR count). The van der Waals surface area contributed by atoms with Crippen LogP contribution in [0.1, 0.15) is 56.1 Å². The van der Waals surface area contributed by atoms with Gasteiger partial charge in [0.25, 0.3) is 5.56 Å². The van der Waals surface area contributed by atoms with Gasteiger partial charge in [-0.1, -0.05) is 54.6 Å². The highest BCUT2D eigenvalue weighted by atomic mass is 19.4. The quantitative estimate of drug-likeness (QED) is 0.0722. The van der Waals surface area contributed by atoms with Gasteiger partial charge in [-0.2, -0.15) is 18.2 Å². The van der Waals surface area contributed by atoms with E-state index in [9.17, 15) is 45.9 Å². The molecular weight excluding hydrogens is 876 g/mol. The number of piperidine rings is 1. The Morgan fingerprint density at radius 2 is 1.41 bits per heavy atom. The number of aliphatic carboxylic acids is 2. The van der Waals surface area contributed by atoms with Crippen molar-refractivity contribution >= 4 is 34.7 Å². The Labute approximate surface area is 375 Å². The number of halogens is 5. The van der Waals surface area contributed by atoms with E-state index in [1.807, 2.05) is 26.0 Å². The molecule has 1 aliphatic rings. The van der Waals surface area contributed by atoms with Crippen LogP contribution in [0.2, 0.25) is 0 Å². The van der Waals surface area contributed by atoms with Crippen LogP contribution in [0.4, 0.5) is 22.0 Å². The number of esters is 1. The fraction of sp³-hybridized carbons (Fsp3) is 0.362. The number of hydrogen-bond acceptors (Lipinski definition) is 10. The summed E-state index contributed by atoms with van der Waals surface area (Å²) < 4.78 is 74.7. The second-order valence-electron chi connectivity index (χ2n) is 16.0. The first-order valence-electron chi connectivity index (χ1n) is 20.8. The molecule has 1 amide bonds. The molecule has 4 N–H and O–H groups in total. The number of amides is 1. The van der Waals surface area contributed by atoms with Gasteiger partial charge in [0.05, 0.1) is 23.1 Å². The van der Waals surface area contributed by atoms with E-state index >= 15 is 0 Å². The van der Waals surface area contributed by atoms with Crippen molar-refractivity contribution in [3.05, 3.63) is 135 Å². The molecule has 1 aromatic heterocycles. The molecule has 0 saturated carbocycles. The molecule has 0 aliphatic carbocycles. The number of para-hydroxylation sites is 1. The number of alkyl halides is 3. The number of carboxylic acid groups (broad SMARTS) is 2. The number of likely N-dealkylation sites (tertiary alicyclic amines) is 1. The Bertz CT molecular complexity index is 2560. The highest BCUT2D eigenvalue weighted by molar-refractivity contribution is 5.83. The topological polar surface area (TPSA) is 200 Å². The monoisotopic (exact) mass is 924 g/mol. The molecular formula is C47H49F5N4O10.